The van der Waals surface area contributed by atoms with E-state index in [1.807, 2.05) is 0 Å². The number of halogens is 1. The first-order valence-electron chi connectivity index (χ1n) is 5.78. The maximum absolute atomic E-state index is 13.4. The molecule has 0 aromatic carbocycles. The molecule has 2 rings (SSSR count). The van der Waals surface area contributed by atoms with Crippen molar-refractivity contribution in [3.05, 3.63) is 29.8 Å². The summed E-state index contributed by atoms with van der Waals surface area (Å²) in [5.74, 6) is -2.68. The predicted molar refractivity (Wildman–Crippen MR) is 62.1 cm³/mol. The van der Waals surface area contributed by atoms with Crippen molar-refractivity contribution in [1.29, 1.82) is 0 Å². The van der Waals surface area contributed by atoms with Gasteiger partial charge in [0.15, 0.2) is 5.82 Å². The van der Waals surface area contributed by atoms with Crippen molar-refractivity contribution >= 4 is 11.9 Å². The monoisotopic (exact) mass is 268 g/mol. The number of aromatic nitrogens is 1. The smallest absolute Gasteiger partial charge is 0.329 e. The van der Waals surface area contributed by atoms with E-state index >= 15 is 0 Å². The van der Waals surface area contributed by atoms with Crippen LogP contribution < -0.4 is 5.32 Å². The van der Waals surface area contributed by atoms with Crippen LogP contribution in [0, 0.1) is 5.82 Å². The maximum Gasteiger partial charge on any atom is 0.329 e. The van der Waals surface area contributed by atoms with Gasteiger partial charge in [0.2, 0.25) is 0 Å². The molecule has 1 fully saturated rings. The van der Waals surface area contributed by atoms with Crippen molar-refractivity contribution in [2.45, 2.75) is 18.4 Å². The van der Waals surface area contributed by atoms with Crippen molar-refractivity contribution in [1.82, 2.24) is 10.3 Å². The van der Waals surface area contributed by atoms with Crippen LogP contribution in [0.25, 0.3) is 0 Å². The second-order valence-corrected chi connectivity index (χ2v) is 4.31. The Kier molecular flexibility index (Phi) is 3.75. The molecule has 2 heterocycles. The molecule has 0 bridgehead atoms. The van der Waals surface area contributed by atoms with Gasteiger partial charge in [-0.2, -0.15) is 0 Å². The van der Waals surface area contributed by atoms with Crippen molar-refractivity contribution < 1.29 is 23.8 Å². The van der Waals surface area contributed by atoms with Crippen molar-refractivity contribution in [2.75, 3.05) is 13.2 Å². The van der Waals surface area contributed by atoms with Gasteiger partial charge in [0.25, 0.3) is 5.91 Å². The minimum atomic E-state index is -1.40. The van der Waals surface area contributed by atoms with E-state index < -0.39 is 23.2 Å². The van der Waals surface area contributed by atoms with E-state index in [9.17, 15) is 19.1 Å². The average molecular weight is 268 g/mol. The van der Waals surface area contributed by atoms with E-state index in [1.54, 1.807) is 0 Å². The van der Waals surface area contributed by atoms with Crippen molar-refractivity contribution in [3.63, 3.8) is 0 Å². The molecule has 1 aliphatic heterocycles. The highest BCUT2D eigenvalue weighted by Crippen LogP contribution is 2.22. The largest absolute Gasteiger partial charge is 0.480 e. The van der Waals surface area contributed by atoms with Gasteiger partial charge < -0.3 is 15.2 Å². The summed E-state index contributed by atoms with van der Waals surface area (Å²) < 4.78 is 18.5. The van der Waals surface area contributed by atoms with Crippen LogP contribution in [0.1, 0.15) is 23.2 Å². The summed E-state index contributed by atoms with van der Waals surface area (Å²) in [6, 6.07) is 1.21. The van der Waals surface area contributed by atoms with Gasteiger partial charge in [-0.1, -0.05) is 0 Å². The van der Waals surface area contributed by atoms with Crippen molar-refractivity contribution in [3.8, 4) is 0 Å². The Morgan fingerprint density at radius 2 is 2.11 bits per heavy atom. The molecule has 0 saturated carbocycles. The Labute approximate surface area is 108 Å². The summed E-state index contributed by atoms with van der Waals surface area (Å²) >= 11 is 0. The number of aliphatic carboxylic acids is 1. The summed E-state index contributed by atoms with van der Waals surface area (Å²) in [6.07, 6.45) is 2.49. The molecule has 0 radical (unpaired) electrons. The van der Waals surface area contributed by atoms with Crippen LogP contribution in [-0.4, -0.2) is 40.7 Å². The van der Waals surface area contributed by atoms with Crippen LogP contribution >= 0.6 is 0 Å². The lowest BCUT2D eigenvalue weighted by atomic mass is 9.89. The number of pyridine rings is 1. The van der Waals surface area contributed by atoms with Crippen LogP contribution in [0.2, 0.25) is 0 Å². The van der Waals surface area contributed by atoms with Crippen LogP contribution in [-0.2, 0) is 9.53 Å². The lowest BCUT2D eigenvalue weighted by Crippen LogP contribution is -2.57. The summed E-state index contributed by atoms with van der Waals surface area (Å²) in [4.78, 5) is 26.8. The second-order valence-electron chi connectivity index (χ2n) is 4.31. The first-order chi connectivity index (χ1) is 9.05. The van der Waals surface area contributed by atoms with Crippen LogP contribution in [0.15, 0.2) is 18.5 Å². The van der Waals surface area contributed by atoms with E-state index in [2.05, 4.69) is 10.3 Å². The molecule has 1 amide bonds. The van der Waals surface area contributed by atoms with Gasteiger partial charge >= 0.3 is 5.97 Å². The average Bonchev–Trinajstić information content (AvgIpc) is 2.40. The fraction of sp³-hybridized carbons (Fsp3) is 0.417. The Hall–Kier alpha value is -2.02. The van der Waals surface area contributed by atoms with Crippen LogP contribution in [0.5, 0.6) is 0 Å². The zero-order chi connectivity index (χ0) is 13.9. The molecular formula is C12H13FN2O4. The Bertz CT molecular complexity index is 500. The van der Waals surface area contributed by atoms with Gasteiger partial charge in [0.05, 0.1) is 11.8 Å². The lowest BCUT2D eigenvalue weighted by molar-refractivity contribution is -0.148. The molecule has 102 valence electrons. The molecule has 19 heavy (non-hydrogen) atoms. The molecule has 0 unspecified atom stereocenters. The third-order valence-corrected chi connectivity index (χ3v) is 3.13. The van der Waals surface area contributed by atoms with Gasteiger partial charge in [-0.3, -0.25) is 9.78 Å². The number of hydrogen-bond donors (Lipinski definition) is 2. The first kappa shape index (κ1) is 13.4. The highest BCUT2D eigenvalue weighted by Gasteiger charge is 2.42. The zero-order valence-corrected chi connectivity index (χ0v) is 10.1. The van der Waals surface area contributed by atoms with Gasteiger partial charge in [-0.15, -0.1) is 0 Å². The molecule has 0 spiro atoms. The summed E-state index contributed by atoms with van der Waals surface area (Å²) in [7, 11) is 0. The Morgan fingerprint density at radius 1 is 1.42 bits per heavy atom. The number of carboxylic acids is 1. The molecule has 2 N–H and O–H groups in total. The lowest BCUT2D eigenvalue weighted by Gasteiger charge is -2.33. The number of ether oxygens (including phenoxy) is 1. The number of carbonyl (C=O) groups is 2. The fourth-order valence-electron chi connectivity index (χ4n) is 1.96. The number of rotatable bonds is 3. The molecule has 1 aromatic heterocycles. The topological polar surface area (TPSA) is 88.5 Å². The van der Waals surface area contributed by atoms with Gasteiger partial charge in [-0.05, 0) is 6.07 Å². The molecule has 7 heteroatoms. The fourth-order valence-corrected chi connectivity index (χ4v) is 1.96. The third kappa shape index (κ3) is 2.70. The summed E-state index contributed by atoms with van der Waals surface area (Å²) in [6.45, 7) is 0.483. The third-order valence-electron chi connectivity index (χ3n) is 3.13. The number of carbonyl (C=O) groups excluding carboxylic acids is 1. The molecule has 0 atom stereocenters. The van der Waals surface area contributed by atoms with E-state index in [0.29, 0.717) is 0 Å². The standard InChI is InChI=1S/C12H13FN2O4/c13-9-7-14-4-1-8(9)10(16)15-12(11(17)18)2-5-19-6-3-12/h1,4,7H,2-3,5-6H2,(H,15,16)(H,17,18). The molecule has 1 aliphatic rings. The Morgan fingerprint density at radius 3 is 2.68 bits per heavy atom. The SMILES string of the molecule is O=C(NC1(C(=O)O)CCOCC1)c1ccncc1F. The zero-order valence-electron chi connectivity index (χ0n) is 10.1. The normalized spacial score (nSPS) is 17.7. The number of amides is 1. The summed E-state index contributed by atoms with van der Waals surface area (Å²) in [5, 5.41) is 11.7. The molecule has 6 nitrogen and oxygen atoms in total. The van der Waals surface area contributed by atoms with E-state index in [1.165, 1.54) is 12.3 Å². The number of hydrogen-bond acceptors (Lipinski definition) is 4. The number of nitrogens with one attached hydrogen (secondary N) is 1. The highest BCUT2D eigenvalue weighted by molar-refractivity contribution is 5.98. The minimum Gasteiger partial charge on any atom is -0.480 e. The Balaban J connectivity index is 2.20. The quantitative estimate of drug-likeness (QED) is 0.837. The highest BCUT2D eigenvalue weighted by atomic mass is 19.1. The number of nitrogens with zero attached hydrogens (tertiary/aromatic N) is 1. The van der Waals surface area contributed by atoms with Gasteiger partial charge in [0.1, 0.15) is 5.54 Å². The summed E-state index contributed by atoms with van der Waals surface area (Å²) in [5.41, 5.74) is -1.62. The van der Waals surface area contributed by atoms with Crippen LogP contribution in [0.4, 0.5) is 4.39 Å². The maximum atomic E-state index is 13.4. The van der Waals surface area contributed by atoms with Crippen molar-refractivity contribution in [2.24, 2.45) is 0 Å². The predicted octanol–water partition coefficient (Wildman–Crippen LogP) is 0.584. The second kappa shape index (κ2) is 5.31. The van der Waals surface area contributed by atoms with E-state index in [0.717, 1.165) is 6.20 Å². The molecule has 1 saturated heterocycles. The first-order valence-corrected chi connectivity index (χ1v) is 5.78. The molecular weight excluding hydrogens is 255 g/mol. The van der Waals surface area contributed by atoms with Gasteiger partial charge in [-0.25, -0.2) is 9.18 Å². The molecule has 0 aliphatic carbocycles. The van der Waals surface area contributed by atoms with Gasteiger partial charge in [0, 0.05) is 32.3 Å². The molecule has 1 aromatic rings. The minimum absolute atomic E-state index is 0.154. The van der Waals surface area contributed by atoms with Crippen LogP contribution in [0.3, 0.4) is 0 Å². The number of carboxylic acid groups (broad SMARTS) is 1. The van der Waals surface area contributed by atoms with E-state index in [-0.39, 0.29) is 31.6 Å². The van der Waals surface area contributed by atoms with E-state index in [4.69, 9.17) is 4.74 Å².